The molecule has 3 N–H and O–H groups in total. The van der Waals surface area contributed by atoms with Gasteiger partial charge in [-0.3, -0.25) is 9.88 Å². The molecule has 0 spiro atoms. The number of hydrogen-bond acceptors (Lipinski definition) is 6. The molecule has 138 valence electrons. The van der Waals surface area contributed by atoms with E-state index in [9.17, 15) is 0 Å². The molecule has 0 radical (unpaired) electrons. The molecule has 0 saturated carbocycles. The largest absolute Gasteiger partial charge is 0.491 e. The number of anilines is 1. The predicted octanol–water partition coefficient (Wildman–Crippen LogP) is 2.88. The van der Waals surface area contributed by atoms with Crippen molar-refractivity contribution >= 4 is 22.9 Å². The minimum atomic E-state index is -0.263. The summed E-state index contributed by atoms with van der Waals surface area (Å²) < 4.78 is 13.5. The molecule has 2 aliphatic heterocycles. The average Bonchev–Trinajstić information content (AvgIpc) is 3.33. The molecule has 2 aromatic carbocycles. The molecule has 0 unspecified atom stereocenters. The Labute approximate surface area is 156 Å². The zero-order valence-electron chi connectivity index (χ0n) is 14.8. The molecule has 0 amide bonds. The lowest BCUT2D eigenvalue weighted by molar-refractivity contribution is 0.0679. The average molecular weight is 363 g/mol. The van der Waals surface area contributed by atoms with E-state index in [4.69, 9.17) is 15.2 Å². The van der Waals surface area contributed by atoms with Crippen LogP contribution in [0.3, 0.4) is 0 Å². The molecule has 7 heteroatoms. The molecule has 2 aliphatic rings. The Balaban J connectivity index is 1.43. The zero-order valence-corrected chi connectivity index (χ0v) is 14.8. The highest BCUT2D eigenvalue weighted by atomic mass is 16.5. The second-order valence-electron chi connectivity index (χ2n) is 6.82. The van der Waals surface area contributed by atoms with Gasteiger partial charge in [0.15, 0.2) is 12.1 Å². The third-order valence-corrected chi connectivity index (χ3v) is 4.98. The molecule has 7 nitrogen and oxygen atoms in total. The van der Waals surface area contributed by atoms with Crippen molar-refractivity contribution in [1.29, 1.82) is 0 Å². The molecule has 2 atom stereocenters. The maximum Gasteiger partial charge on any atom is 0.212 e. The standard InChI is InChI=1S/C20H21N5O2/c21-19-23-18(25-17-6-2-1-5-16(17)22-20(25)24-19)13-7-9-14(10-8-13)27-12-15-4-3-11-26-15/h1-2,5-10,15,18H,3-4,11-12H2,(H3,21,22,23,24)/t15-,18-/m1/s1. The summed E-state index contributed by atoms with van der Waals surface area (Å²) in [6, 6.07) is 16.0. The van der Waals surface area contributed by atoms with Gasteiger partial charge >= 0.3 is 0 Å². The van der Waals surface area contributed by atoms with Crippen LogP contribution in [0.2, 0.25) is 0 Å². The second-order valence-corrected chi connectivity index (χ2v) is 6.82. The first-order chi connectivity index (χ1) is 13.3. The Morgan fingerprint density at radius 2 is 2.04 bits per heavy atom. The molecule has 1 aromatic heterocycles. The predicted molar refractivity (Wildman–Crippen MR) is 104 cm³/mol. The van der Waals surface area contributed by atoms with Crippen molar-refractivity contribution < 1.29 is 9.47 Å². The molecule has 0 bridgehead atoms. The van der Waals surface area contributed by atoms with Crippen LogP contribution in [0.4, 0.5) is 5.95 Å². The Morgan fingerprint density at radius 3 is 2.85 bits per heavy atom. The molecule has 1 saturated heterocycles. The van der Waals surface area contributed by atoms with Gasteiger partial charge in [0.25, 0.3) is 0 Å². The van der Waals surface area contributed by atoms with Crippen LogP contribution in [0.5, 0.6) is 5.75 Å². The third-order valence-electron chi connectivity index (χ3n) is 4.98. The Bertz CT molecular complexity index is 989. The number of aliphatic imine (C=N–C) groups is 1. The van der Waals surface area contributed by atoms with E-state index in [2.05, 4.69) is 19.9 Å². The van der Waals surface area contributed by atoms with Crippen LogP contribution in [-0.2, 0) is 4.74 Å². The van der Waals surface area contributed by atoms with Crippen molar-refractivity contribution in [3.8, 4) is 5.75 Å². The van der Waals surface area contributed by atoms with Gasteiger partial charge in [0, 0.05) is 6.61 Å². The van der Waals surface area contributed by atoms with Crippen LogP contribution in [0.25, 0.3) is 11.0 Å². The highest BCUT2D eigenvalue weighted by Gasteiger charge is 2.25. The first kappa shape index (κ1) is 16.1. The quantitative estimate of drug-likeness (QED) is 0.744. The first-order valence-corrected chi connectivity index (χ1v) is 9.19. The number of hydrogen-bond donors (Lipinski definition) is 2. The number of nitrogens with zero attached hydrogens (tertiary/aromatic N) is 3. The Morgan fingerprint density at radius 1 is 1.19 bits per heavy atom. The van der Waals surface area contributed by atoms with E-state index in [0.717, 1.165) is 41.8 Å². The summed E-state index contributed by atoms with van der Waals surface area (Å²) in [5.74, 6) is 1.89. The maximum absolute atomic E-state index is 5.99. The topological polar surface area (TPSA) is 86.7 Å². The molecule has 27 heavy (non-hydrogen) atoms. The van der Waals surface area contributed by atoms with Crippen LogP contribution >= 0.6 is 0 Å². The monoisotopic (exact) mass is 363 g/mol. The first-order valence-electron chi connectivity index (χ1n) is 9.19. The third kappa shape index (κ3) is 3.00. The van der Waals surface area contributed by atoms with Crippen molar-refractivity contribution in [3.05, 3.63) is 54.1 Å². The lowest BCUT2D eigenvalue weighted by Crippen LogP contribution is -2.31. The number of fused-ring (bicyclic) bond motifs is 3. The Hall–Kier alpha value is -3.06. The number of para-hydroxylation sites is 2. The fourth-order valence-electron chi connectivity index (χ4n) is 3.64. The number of nitrogens with one attached hydrogen (secondary N) is 1. The fraction of sp³-hybridized carbons (Fsp3) is 0.300. The van der Waals surface area contributed by atoms with Gasteiger partial charge in [0.2, 0.25) is 5.95 Å². The normalized spacial score (nSPS) is 21.6. The van der Waals surface area contributed by atoms with Gasteiger partial charge in [-0.25, -0.2) is 9.98 Å². The number of nitrogens with two attached hydrogens (primary N) is 1. The van der Waals surface area contributed by atoms with E-state index >= 15 is 0 Å². The van der Waals surface area contributed by atoms with E-state index in [1.807, 2.05) is 48.5 Å². The van der Waals surface area contributed by atoms with E-state index in [0.29, 0.717) is 18.5 Å². The van der Waals surface area contributed by atoms with E-state index in [1.54, 1.807) is 0 Å². The van der Waals surface area contributed by atoms with Gasteiger partial charge in [-0.1, -0.05) is 24.3 Å². The summed E-state index contributed by atoms with van der Waals surface area (Å²) in [7, 11) is 0. The molecule has 3 heterocycles. The van der Waals surface area contributed by atoms with E-state index < -0.39 is 0 Å². The maximum atomic E-state index is 5.99. The van der Waals surface area contributed by atoms with Gasteiger partial charge in [-0.2, -0.15) is 0 Å². The zero-order chi connectivity index (χ0) is 18.2. The highest BCUT2D eigenvalue weighted by molar-refractivity contribution is 5.94. The van der Waals surface area contributed by atoms with Crippen molar-refractivity contribution in [2.24, 2.45) is 10.7 Å². The molecule has 1 fully saturated rings. The number of aromatic nitrogens is 2. The van der Waals surface area contributed by atoms with Crippen LogP contribution in [0, 0.1) is 0 Å². The lowest BCUT2D eigenvalue weighted by atomic mass is 10.1. The van der Waals surface area contributed by atoms with Gasteiger partial charge in [0.1, 0.15) is 12.4 Å². The summed E-state index contributed by atoms with van der Waals surface area (Å²) in [6.07, 6.45) is 2.13. The SMILES string of the molecule is NC1=N[C@@H](c2ccc(OC[C@H]3CCCO3)cc2)n2c(nc3ccccc32)N1. The lowest BCUT2D eigenvalue weighted by Gasteiger charge is -2.24. The highest BCUT2D eigenvalue weighted by Crippen LogP contribution is 2.32. The van der Waals surface area contributed by atoms with Crippen molar-refractivity contribution in [2.45, 2.75) is 25.1 Å². The number of rotatable bonds is 4. The van der Waals surface area contributed by atoms with Gasteiger partial charge in [-0.05, 0) is 42.7 Å². The summed E-state index contributed by atoms with van der Waals surface area (Å²) in [6.45, 7) is 1.43. The molecule has 3 aromatic rings. The molecular weight excluding hydrogens is 342 g/mol. The molecule has 0 aliphatic carbocycles. The van der Waals surface area contributed by atoms with Gasteiger partial charge < -0.3 is 15.2 Å². The summed E-state index contributed by atoms with van der Waals surface area (Å²) in [4.78, 5) is 9.22. The summed E-state index contributed by atoms with van der Waals surface area (Å²) in [5, 5.41) is 3.05. The van der Waals surface area contributed by atoms with Crippen molar-refractivity contribution in [3.63, 3.8) is 0 Å². The van der Waals surface area contributed by atoms with Crippen LogP contribution in [0.15, 0.2) is 53.5 Å². The second kappa shape index (κ2) is 6.59. The van der Waals surface area contributed by atoms with Gasteiger partial charge in [0.05, 0.1) is 17.1 Å². The summed E-state index contributed by atoms with van der Waals surface area (Å²) >= 11 is 0. The number of benzene rings is 2. The van der Waals surface area contributed by atoms with Crippen LogP contribution in [-0.4, -0.2) is 34.8 Å². The Kier molecular flexibility index (Phi) is 3.94. The smallest absolute Gasteiger partial charge is 0.212 e. The minimum Gasteiger partial charge on any atom is -0.491 e. The number of imidazole rings is 1. The van der Waals surface area contributed by atoms with Gasteiger partial charge in [-0.15, -0.1) is 0 Å². The van der Waals surface area contributed by atoms with Crippen molar-refractivity contribution in [1.82, 2.24) is 9.55 Å². The van der Waals surface area contributed by atoms with Crippen LogP contribution < -0.4 is 15.8 Å². The summed E-state index contributed by atoms with van der Waals surface area (Å²) in [5.41, 5.74) is 8.94. The van der Waals surface area contributed by atoms with Crippen LogP contribution in [0.1, 0.15) is 24.6 Å². The number of guanidine groups is 1. The molecular formula is C20H21N5O2. The fourth-order valence-corrected chi connectivity index (χ4v) is 3.64. The van der Waals surface area contributed by atoms with E-state index in [-0.39, 0.29) is 12.3 Å². The van der Waals surface area contributed by atoms with E-state index in [1.165, 1.54) is 0 Å². The minimum absolute atomic E-state index is 0.207. The number of ether oxygens (including phenoxy) is 2. The molecule has 5 rings (SSSR count). The van der Waals surface area contributed by atoms with Crippen molar-refractivity contribution in [2.75, 3.05) is 18.5 Å².